The van der Waals surface area contributed by atoms with Crippen molar-refractivity contribution < 1.29 is 18.7 Å². The first-order valence-electron chi connectivity index (χ1n) is 10.9. The minimum absolute atomic E-state index is 0.0112. The highest BCUT2D eigenvalue weighted by molar-refractivity contribution is 5.91. The number of hydrogen-bond donors (Lipinski definition) is 0. The van der Waals surface area contributed by atoms with Gasteiger partial charge in [0.25, 0.3) is 11.5 Å². The molecule has 3 aromatic rings. The van der Waals surface area contributed by atoms with E-state index in [0.29, 0.717) is 62.8 Å². The van der Waals surface area contributed by atoms with Crippen LogP contribution in [0.5, 0.6) is 5.75 Å². The van der Waals surface area contributed by atoms with Crippen molar-refractivity contribution in [1.82, 2.24) is 19.6 Å². The third-order valence-corrected chi connectivity index (χ3v) is 5.64. The first kappa shape index (κ1) is 22.3. The summed E-state index contributed by atoms with van der Waals surface area (Å²) in [5.74, 6) is 0.873. The topological polar surface area (TPSA) is 97.9 Å². The SMILES string of the molecule is COc1cccc(-c2ccc(=O)n(CCCC(=O)N3CCN(C(=O)c4ccco4)CC3)n2)c1. The number of nitrogens with zero attached hydrogens (tertiary/aromatic N) is 4. The molecule has 0 N–H and O–H groups in total. The molecule has 172 valence electrons. The summed E-state index contributed by atoms with van der Waals surface area (Å²) in [6.45, 7) is 2.24. The van der Waals surface area contributed by atoms with Gasteiger partial charge in [0, 0.05) is 50.8 Å². The lowest BCUT2D eigenvalue weighted by molar-refractivity contribution is -0.132. The Morgan fingerprint density at radius 3 is 2.55 bits per heavy atom. The molecule has 0 unspecified atom stereocenters. The van der Waals surface area contributed by atoms with E-state index in [9.17, 15) is 14.4 Å². The molecule has 1 aliphatic rings. The molecule has 1 aromatic carbocycles. The quantitative estimate of drug-likeness (QED) is 0.548. The lowest BCUT2D eigenvalue weighted by Gasteiger charge is -2.34. The summed E-state index contributed by atoms with van der Waals surface area (Å²) >= 11 is 0. The molecule has 1 aliphatic heterocycles. The second-order valence-electron chi connectivity index (χ2n) is 7.77. The molecule has 4 rings (SSSR count). The molecule has 3 heterocycles. The van der Waals surface area contributed by atoms with Crippen LogP contribution in [0.2, 0.25) is 0 Å². The highest BCUT2D eigenvalue weighted by atomic mass is 16.5. The van der Waals surface area contributed by atoms with E-state index in [-0.39, 0.29) is 17.4 Å². The average molecular weight is 450 g/mol. The van der Waals surface area contributed by atoms with Crippen molar-refractivity contribution in [3.63, 3.8) is 0 Å². The number of amides is 2. The van der Waals surface area contributed by atoms with E-state index in [1.807, 2.05) is 24.3 Å². The van der Waals surface area contributed by atoms with Crippen LogP contribution in [0, 0.1) is 0 Å². The molecule has 0 bridgehead atoms. The Bertz CT molecular complexity index is 1160. The molecule has 0 aliphatic carbocycles. The third kappa shape index (κ3) is 5.31. The fourth-order valence-corrected chi connectivity index (χ4v) is 3.80. The largest absolute Gasteiger partial charge is 0.497 e. The van der Waals surface area contributed by atoms with Crippen LogP contribution >= 0.6 is 0 Å². The second-order valence-corrected chi connectivity index (χ2v) is 7.77. The van der Waals surface area contributed by atoms with Gasteiger partial charge >= 0.3 is 0 Å². The maximum atomic E-state index is 12.6. The first-order valence-corrected chi connectivity index (χ1v) is 10.9. The molecule has 0 saturated carbocycles. The van der Waals surface area contributed by atoms with E-state index < -0.39 is 0 Å². The number of aromatic nitrogens is 2. The van der Waals surface area contributed by atoms with Gasteiger partial charge in [-0.25, -0.2) is 4.68 Å². The second kappa shape index (κ2) is 10.2. The van der Waals surface area contributed by atoms with Crippen molar-refractivity contribution in [3.05, 3.63) is 70.9 Å². The van der Waals surface area contributed by atoms with E-state index in [1.165, 1.54) is 17.0 Å². The normalized spacial score (nSPS) is 13.7. The molecule has 2 amide bonds. The van der Waals surface area contributed by atoms with Crippen molar-refractivity contribution in [1.29, 1.82) is 0 Å². The standard InChI is InChI=1S/C24H26N4O5/c1-32-19-6-2-5-18(17-19)20-9-10-23(30)28(25-20)11-3-8-22(29)26-12-14-27(15-13-26)24(31)21-7-4-16-33-21/h2,4-7,9-10,16-17H,3,8,11-15H2,1H3. The zero-order valence-electron chi connectivity index (χ0n) is 18.5. The van der Waals surface area contributed by atoms with Crippen molar-refractivity contribution >= 4 is 11.8 Å². The zero-order valence-corrected chi connectivity index (χ0v) is 18.5. The zero-order chi connectivity index (χ0) is 23.2. The fraction of sp³-hybridized carbons (Fsp3) is 0.333. The van der Waals surface area contributed by atoms with Crippen molar-refractivity contribution in [2.75, 3.05) is 33.3 Å². The Hall–Kier alpha value is -3.88. The van der Waals surface area contributed by atoms with E-state index in [0.717, 1.165) is 5.56 Å². The summed E-state index contributed by atoms with van der Waals surface area (Å²) in [6, 6.07) is 14.0. The molecular formula is C24H26N4O5. The monoisotopic (exact) mass is 450 g/mol. The van der Waals surface area contributed by atoms with Crippen molar-refractivity contribution in [2.45, 2.75) is 19.4 Å². The van der Waals surface area contributed by atoms with Crippen LogP contribution in [0.15, 0.2) is 64.0 Å². The summed E-state index contributed by atoms with van der Waals surface area (Å²) in [4.78, 5) is 40.7. The Balaban J connectivity index is 1.29. The Kier molecular flexibility index (Phi) is 6.87. The van der Waals surface area contributed by atoms with Crippen LogP contribution < -0.4 is 10.3 Å². The van der Waals surface area contributed by atoms with Gasteiger partial charge in [-0.15, -0.1) is 0 Å². The smallest absolute Gasteiger partial charge is 0.289 e. The van der Waals surface area contributed by atoms with Gasteiger partial charge in [-0.2, -0.15) is 5.10 Å². The Morgan fingerprint density at radius 2 is 1.82 bits per heavy atom. The van der Waals surface area contributed by atoms with Crippen LogP contribution in [0.3, 0.4) is 0 Å². The van der Waals surface area contributed by atoms with Crippen LogP contribution in [0.25, 0.3) is 11.3 Å². The maximum Gasteiger partial charge on any atom is 0.289 e. The molecule has 2 aromatic heterocycles. The molecule has 1 fully saturated rings. The van der Waals surface area contributed by atoms with Gasteiger partial charge in [0.15, 0.2) is 5.76 Å². The number of piperazine rings is 1. The van der Waals surface area contributed by atoms with Gasteiger partial charge in [0.05, 0.1) is 19.1 Å². The minimum atomic E-state index is -0.209. The lowest BCUT2D eigenvalue weighted by atomic mass is 10.1. The van der Waals surface area contributed by atoms with Gasteiger partial charge in [-0.05, 0) is 36.8 Å². The number of rotatable bonds is 7. The number of carbonyl (C=O) groups is 2. The number of hydrogen-bond acceptors (Lipinski definition) is 6. The summed E-state index contributed by atoms with van der Waals surface area (Å²) in [7, 11) is 1.60. The van der Waals surface area contributed by atoms with Crippen LogP contribution in [0.1, 0.15) is 23.4 Å². The molecule has 9 heteroatoms. The van der Waals surface area contributed by atoms with E-state index >= 15 is 0 Å². The number of ether oxygens (including phenoxy) is 1. The summed E-state index contributed by atoms with van der Waals surface area (Å²) in [5.41, 5.74) is 1.30. The number of methoxy groups -OCH3 is 1. The first-order chi connectivity index (χ1) is 16.0. The van der Waals surface area contributed by atoms with E-state index in [1.54, 1.807) is 35.1 Å². The minimum Gasteiger partial charge on any atom is -0.497 e. The predicted molar refractivity (Wildman–Crippen MR) is 121 cm³/mol. The summed E-state index contributed by atoms with van der Waals surface area (Å²) in [5, 5.41) is 4.45. The summed E-state index contributed by atoms with van der Waals surface area (Å²) < 4.78 is 11.8. The predicted octanol–water partition coefficient (Wildman–Crippen LogP) is 2.28. The van der Waals surface area contributed by atoms with Gasteiger partial charge in [0.2, 0.25) is 5.91 Å². The highest BCUT2D eigenvalue weighted by Gasteiger charge is 2.25. The Morgan fingerprint density at radius 1 is 1.03 bits per heavy atom. The lowest BCUT2D eigenvalue weighted by Crippen LogP contribution is -2.50. The molecule has 9 nitrogen and oxygen atoms in total. The van der Waals surface area contributed by atoms with Crippen molar-refractivity contribution in [2.24, 2.45) is 0 Å². The van der Waals surface area contributed by atoms with E-state index in [2.05, 4.69) is 5.10 Å². The Labute approximate surface area is 191 Å². The molecule has 0 atom stereocenters. The maximum absolute atomic E-state index is 12.6. The molecule has 1 saturated heterocycles. The van der Waals surface area contributed by atoms with Crippen molar-refractivity contribution in [3.8, 4) is 17.0 Å². The van der Waals surface area contributed by atoms with Gasteiger partial charge < -0.3 is 19.0 Å². The number of benzene rings is 1. The van der Waals surface area contributed by atoms with Crippen LogP contribution in [-0.4, -0.2) is 64.7 Å². The third-order valence-electron chi connectivity index (χ3n) is 5.64. The van der Waals surface area contributed by atoms with Gasteiger partial charge in [-0.3, -0.25) is 14.4 Å². The molecule has 0 radical (unpaired) electrons. The average Bonchev–Trinajstić information content (AvgIpc) is 3.40. The fourth-order valence-electron chi connectivity index (χ4n) is 3.80. The molecular weight excluding hydrogens is 424 g/mol. The molecule has 33 heavy (non-hydrogen) atoms. The highest BCUT2D eigenvalue weighted by Crippen LogP contribution is 2.21. The van der Waals surface area contributed by atoms with Crippen LogP contribution in [-0.2, 0) is 11.3 Å². The van der Waals surface area contributed by atoms with Crippen LogP contribution in [0.4, 0.5) is 0 Å². The number of aryl methyl sites for hydroxylation is 1. The number of furan rings is 1. The summed E-state index contributed by atoms with van der Waals surface area (Å²) in [6.07, 6.45) is 2.28. The molecule has 0 spiro atoms. The number of carbonyl (C=O) groups excluding carboxylic acids is 2. The van der Waals surface area contributed by atoms with Gasteiger partial charge in [-0.1, -0.05) is 12.1 Å². The van der Waals surface area contributed by atoms with E-state index in [4.69, 9.17) is 9.15 Å². The van der Waals surface area contributed by atoms with Gasteiger partial charge in [0.1, 0.15) is 5.75 Å².